The molecule has 140 valence electrons. The van der Waals surface area contributed by atoms with Crippen molar-refractivity contribution in [3.63, 3.8) is 0 Å². The highest BCUT2D eigenvalue weighted by atomic mass is 32.2. The Bertz CT molecular complexity index is 888. The number of amides is 2. The fourth-order valence-electron chi connectivity index (χ4n) is 2.74. The van der Waals surface area contributed by atoms with Gasteiger partial charge in [0.25, 0.3) is 11.1 Å². The molecule has 3 rings (SSSR count). The number of ether oxygens (including phenoxy) is 1. The number of imide groups is 1. The molecule has 2 aromatic carbocycles. The van der Waals surface area contributed by atoms with Crippen LogP contribution in [0.2, 0.25) is 0 Å². The van der Waals surface area contributed by atoms with Crippen LogP contribution >= 0.6 is 11.8 Å². The maximum atomic E-state index is 13.2. The van der Waals surface area contributed by atoms with E-state index < -0.39 is 28.3 Å². The molecule has 0 aliphatic carbocycles. The van der Waals surface area contributed by atoms with E-state index in [1.165, 1.54) is 36.3 Å². The van der Waals surface area contributed by atoms with Gasteiger partial charge in [0.2, 0.25) is 0 Å². The van der Waals surface area contributed by atoms with Gasteiger partial charge < -0.3 is 9.64 Å². The summed E-state index contributed by atoms with van der Waals surface area (Å²) in [5.74, 6) is -1.49. The first kappa shape index (κ1) is 18.9. The van der Waals surface area contributed by atoms with Gasteiger partial charge in [-0.25, -0.2) is 9.29 Å². The van der Waals surface area contributed by atoms with Crippen LogP contribution in [0.25, 0.3) is 0 Å². The zero-order chi connectivity index (χ0) is 19.6. The first-order valence-electron chi connectivity index (χ1n) is 8.11. The highest BCUT2D eigenvalue weighted by Gasteiger charge is 2.44. The first-order valence-corrected chi connectivity index (χ1v) is 8.99. The zero-order valence-corrected chi connectivity index (χ0v) is 15.5. The molecule has 0 aromatic heterocycles. The molecular formula is C19H17FN2O4S. The van der Waals surface area contributed by atoms with Gasteiger partial charge >= 0.3 is 5.97 Å². The Labute approximate surface area is 159 Å². The van der Waals surface area contributed by atoms with E-state index >= 15 is 0 Å². The van der Waals surface area contributed by atoms with Crippen molar-refractivity contribution in [1.82, 2.24) is 0 Å². The molecule has 2 amide bonds. The molecule has 1 saturated heterocycles. The summed E-state index contributed by atoms with van der Waals surface area (Å²) in [4.78, 5) is 39.9. The van der Waals surface area contributed by atoms with Gasteiger partial charge in [0.15, 0.2) is 5.37 Å². The van der Waals surface area contributed by atoms with Crippen molar-refractivity contribution in [3.8, 4) is 0 Å². The number of anilines is 2. The third-order valence-electron chi connectivity index (χ3n) is 4.05. The number of thioether (sulfide) groups is 1. The molecule has 1 heterocycles. The minimum absolute atomic E-state index is 0.187. The van der Waals surface area contributed by atoms with Crippen molar-refractivity contribution in [1.29, 1.82) is 0 Å². The molecule has 0 N–H and O–H groups in total. The molecule has 0 radical (unpaired) electrons. The molecule has 1 atom stereocenters. The summed E-state index contributed by atoms with van der Waals surface area (Å²) in [6.07, 6.45) is 0. The lowest BCUT2D eigenvalue weighted by atomic mass is 10.2. The smallest absolute Gasteiger partial charge is 0.325 e. The Morgan fingerprint density at radius 2 is 1.93 bits per heavy atom. The van der Waals surface area contributed by atoms with Crippen LogP contribution in [-0.4, -0.2) is 36.1 Å². The van der Waals surface area contributed by atoms with Gasteiger partial charge in [0.05, 0.1) is 12.8 Å². The summed E-state index contributed by atoms with van der Waals surface area (Å²) >= 11 is 0.804. The minimum atomic E-state index is -0.927. The van der Waals surface area contributed by atoms with E-state index in [0.717, 1.165) is 22.2 Å². The second kappa shape index (κ2) is 7.79. The van der Waals surface area contributed by atoms with Gasteiger partial charge in [0, 0.05) is 5.69 Å². The van der Waals surface area contributed by atoms with Crippen LogP contribution in [0.3, 0.4) is 0 Å². The summed E-state index contributed by atoms with van der Waals surface area (Å²) in [6, 6.07) is 12.4. The van der Waals surface area contributed by atoms with Crippen LogP contribution in [0.4, 0.5) is 20.6 Å². The fourth-order valence-corrected chi connectivity index (χ4v) is 3.76. The molecule has 1 unspecified atom stereocenters. The number of benzene rings is 2. The third kappa shape index (κ3) is 3.95. The number of esters is 1. The molecule has 8 heteroatoms. The molecular weight excluding hydrogens is 371 g/mol. The lowest BCUT2D eigenvalue weighted by Crippen LogP contribution is -2.44. The largest absolute Gasteiger partial charge is 0.468 e. The van der Waals surface area contributed by atoms with E-state index in [2.05, 4.69) is 0 Å². The lowest BCUT2D eigenvalue weighted by Gasteiger charge is -2.28. The van der Waals surface area contributed by atoms with Crippen LogP contribution < -0.4 is 9.80 Å². The average Bonchev–Trinajstić information content (AvgIpc) is 2.94. The van der Waals surface area contributed by atoms with E-state index in [1.807, 2.05) is 19.1 Å². The molecule has 1 aliphatic heterocycles. The fraction of sp³-hybridized carbons (Fsp3) is 0.211. The van der Waals surface area contributed by atoms with Crippen LogP contribution in [0.15, 0.2) is 48.5 Å². The van der Waals surface area contributed by atoms with Gasteiger partial charge in [-0.15, -0.1) is 0 Å². The van der Waals surface area contributed by atoms with Gasteiger partial charge in [-0.1, -0.05) is 12.1 Å². The van der Waals surface area contributed by atoms with Gasteiger partial charge in [-0.3, -0.25) is 14.4 Å². The number of aryl methyl sites for hydroxylation is 1. The van der Waals surface area contributed by atoms with E-state index in [-0.39, 0.29) is 12.2 Å². The number of carbonyl (C=O) groups excluding carboxylic acids is 3. The monoisotopic (exact) mass is 388 g/mol. The van der Waals surface area contributed by atoms with Crippen LogP contribution in [0, 0.1) is 12.7 Å². The van der Waals surface area contributed by atoms with E-state index in [0.29, 0.717) is 5.69 Å². The molecule has 0 bridgehead atoms. The van der Waals surface area contributed by atoms with Crippen LogP contribution in [-0.2, 0) is 14.3 Å². The summed E-state index contributed by atoms with van der Waals surface area (Å²) in [5.41, 5.74) is 1.85. The summed E-state index contributed by atoms with van der Waals surface area (Å²) in [6.45, 7) is 1.70. The first-order chi connectivity index (χ1) is 12.9. The normalized spacial score (nSPS) is 16.6. The Hall–Kier alpha value is -2.87. The van der Waals surface area contributed by atoms with E-state index in [9.17, 15) is 18.8 Å². The van der Waals surface area contributed by atoms with Crippen molar-refractivity contribution in [2.45, 2.75) is 12.3 Å². The molecule has 2 aromatic rings. The Morgan fingerprint density at radius 3 is 2.56 bits per heavy atom. The highest BCUT2D eigenvalue weighted by molar-refractivity contribution is 8.16. The van der Waals surface area contributed by atoms with E-state index in [4.69, 9.17) is 4.74 Å². The van der Waals surface area contributed by atoms with Gasteiger partial charge in [-0.2, -0.15) is 0 Å². The zero-order valence-electron chi connectivity index (χ0n) is 14.7. The quantitative estimate of drug-likeness (QED) is 0.732. The molecule has 27 heavy (non-hydrogen) atoms. The maximum absolute atomic E-state index is 13.2. The molecule has 0 saturated carbocycles. The molecule has 1 aliphatic rings. The standard InChI is InChI=1S/C19H17FN2O4S/c1-12-4-3-5-15(10-12)21(11-16(23)26-2)18-17(24)22(19(25)27-18)14-8-6-13(20)7-9-14/h3-10,18H,11H2,1-2H3. The van der Waals surface area contributed by atoms with Crippen molar-refractivity contribution >= 4 is 40.3 Å². The molecule has 6 nitrogen and oxygen atoms in total. The molecule has 1 fully saturated rings. The van der Waals surface area contributed by atoms with Crippen molar-refractivity contribution in [2.75, 3.05) is 23.5 Å². The third-order valence-corrected chi connectivity index (χ3v) is 5.12. The van der Waals surface area contributed by atoms with Crippen molar-refractivity contribution in [2.24, 2.45) is 0 Å². The Balaban J connectivity index is 1.95. The number of methoxy groups -OCH3 is 1. The van der Waals surface area contributed by atoms with Gasteiger partial charge in [0.1, 0.15) is 12.4 Å². The van der Waals surface area contributed by atoms with Crippen molar-refractivity contribution in [3.05, 3.63) is 59.9 Å². The predicted octanol–water partition coefficient (Wildman–Crippen LogP) is 3.34. The number of hydrogen-bond donors (Lipinski definition) is 0. The van der Waals surface area contributed by atoms with Crippen LogP contribution in [0.1, 0.15) is 5.56 Å². The predicted molar refractivity (Wildman–Crippen MR) is 101 cm³/mol. The second-order valence-electron chi connectivity index (χ2n) is 5.93. The Morgan fingerprint density at radius 1 is 1.22 bits per heavy atom. The Kier molecular flexibility index (Phi) is 5.46. The van der Waals surface area contributed by atoms with E-state index in [1.54, 1.807) is 12.1 Å². The summed E-state index contributed by atoms with van der Waals surface area (Å²) in [7, 11) is 1.26. The maximum Gasteiger partial charge on any atom is 0.325 e. The summed E-state index contributed by atoms with van der Waals surface area (Å²) in [5, 5.41) is -1.41. The highest BCUT2D eigenvalue weighted by Crippen LogP contribution is 2.36. The minimum Gasteiger partial charge on any atom is -0.468 e. The lowest BCUT2D eigenvalue weighted by molar-refractivity contribution is -0.139. The number of halogens is 1. The number of hydrogen-bond acceptors (Lipinski definition) is 6. The second-order valence-corrected chi connectivity index (χ2v) is 6.96. The van der Waals surface area contributed by atoms with Gasteiger partial charge in [-0.05, 0) is 60.6 Å². The number of nitrogens with zero attached hydrogens (tertiary/aromatic N) is 2. The van der Waals surface area contributed by atoms with Crippen molar-refractivity contribution < 1.29 is 23.5 Å². The van der Waals surface area contributed by atoms with Crippen LogP contribution in [0.5, 0.6) is 0 Å². The SMILES string of the molecule is COC(=O)CN(c1cccc(C)c1)C1SC(=O)N(c2ccc(F)cc2)C1=O. The topological polar surface area (TPSA) is 66.9 Å². The number of carbonyl (C=O) groups is 3. The average molecular weight is 388 g/mol. The number of rotatable bonds is 5. The summed E-state index contributed by atoms with van der Waals surface area (Å²) < 4.78 is 17.9. The molecule has 0 spiro atoms.